The molecule has 1 N–H and O–H groups in total. The van der Waals surface area contributed by atoms with Gasteiger partial charge in [0.15, 0.2) is 0 Å². The maximum absolute atomic E-state index is 13.2. The zero-order valence-electron chi connectivity index (χ0n) is 7.43. The largest absolute Gasteiger partial charge is 0.388 e. The van der Waals surface area contributed by atoms with Crippen LogP contribution in [0.25, 0.3) is 0 Å². The number of hydrogen-bond acceptors (Lipinski definition) is 1. The lowest BCUT2D eigenvalue weighted by Crippen LogP contribution is -1.99. The van der Waals surface area contributed by atoms with Crippen LogP contribution in [-0.4, -0.2) is 5.11 Å². The van der Waals surface area contributed by atoms with Crippen molar-refractivity contribution < 1.29 is 9.50 Å². The Morgan fingerprint density at radius 3 is 2.77 bits per heavy atom. The number of rotatable bonds is 3. The SMILES string of the molecule is CCCC(O)c1ccc(Br)cc1F. The Morgan fingerprint density at radius 2 is 2.23 bits per heavy atom. The van der Waals surface area contributed by atoms with Crippen LogP contribution in [0, 0.1) is 5.82 Å². The maximum atomic E-state index is 13.2. The maximum Gasteiger partial charge on any atom is 0.130 e. The highest BCUT2D eigenvalue weighted by Gasteiger charge is 2.11. The van der Waals surface area contributed by atoms with E-state index in [4.69, 9.17) is 0 Å². The van der Waals surface area contributed by atoms with E-state index in [9.17, 15) is 9.50 Å². The first-order valence-corrected chi connectivity index (χ1v) is 5.07. The lowest BCUT2D eigenvalue weighted by atomic mass is 10.1. The first-order valence-electron chi connectivity index (χ1n) is 4.28. The summed E-state index contributed by atoms with van der Waals surface area (Å²) in [5.74, 6) is -0.352. The van der Waals surface area contributed by atoms with Gasteiger partial charge in [0.25, 0.3) is 0 Å². The molecule has 0 saturated heterocycles. The fourth-order valence-electron chi connectivity index (χ4n) is 1.20. The molecule has 13 heavy (non-hydrogen) atoms. The summed E-state index contributed by atoms with van der Waals surface area (Å²) in [4.78, 5) is 0. The molecule has 0 saturated carbocycles. The third-order valence-electron chi connectivity index (χ3n) is 1.88. The number of hydrogen-bond donors (Lipinski definition) is 1. The van der Waals surface area contributed by atoms with Crippen LogP contribution < -0.4 is 0 Å². The van der Waals surface area contributed by atoms with E-state index in [0.717, 1.165) is 6.42 Å². The van der Waals surface area contributed by atoms with Crippen LogP contribution in [0.15, 0.2) is 22.7 Å². The van der Waals surface area contributed by atoms with Gasteiger partial charge in [-0.2, -0.15) is 0 Å². The normalized spacial score (nSPS) is 12.9. The number of halogens is 2. The van der Waals surface area contributed by atoms with Gasteiger partial charge in [-0.1, -0.05) is 35.3 Å². The first-order chi connectivity index (χ1) is 6.15. The van der Waals surface area contributed by atoms with Gasteiger partial charge in [0, 0.05) is 10.0 Å². The first kappa shape index (κ1) is 10.7. The standard InChI is InChI=1S/C10H12BrFO/c1-2-3-10(13)8-5-4-7(11)6-9(8)12/h4-6,10,13H,2-3H2,1H3. The summed E-state index contributed by atoms with van der Waals surface area (Å²) < 4.78 is 13.9. The summed E-state index contributed by atoms with van der Waals surface area (Å²) in [7, 11) is 0. The summed E-state index contributed by atoms with van der Waals surface area (Å²) in [6, 6.07) is 4.71. The zero-order valence-corrected chi connectivity index (χ0v) is 9.01. The van der Waals surface area contributed by atoms with Crippen LogP contribution in [0.1, 0.15) is 31.4 Å². The molecule has 0 bridgehead atoms. The predicted octanol–water partition coefficient (Wildman–Crippen LogP) is 3.42. The third kappa shape index (κ3) is 2.78. The van der Waals surface area contributed by atoms with Gasteiger partial charge in [-0.3, -0.25) is 0 Å². The Balaban J connectivity index is 2.88. The number of aliphatic hydroxyl groups excluding tert-OH is 1. The fourth-order valence-corrected chi connectivity index (χ4v) is 1.53. The van der Waals surface area contributed by atoms with Gasteiger partial charge < -0.3 is 5.11 Å². The predicted molar refractivity (Wildman–Crippen MR) is 54.0 cm³/mol. The lowest BCUT2D eigenvalue weighted by Gasteiger charge is -2.10. The van der Waals surface area contributed by atoms with Crippen LogP contribution in [0.5, 0.6) is 0 Å². The molecule has 0 heterocycles. The van der Waals surface area contributed by atoms with Crippen molar-refractivity contribution >= 4 is 15.9 Å². The average Bonchev–Trinajstić information content (AvgIpc) is 2.04. The average molecular weight is 247 g/mol. The van der Waals surface area contributed by atoms with Gasteiger partial charge in [-0.05, 0) is 18.6 Å². The van der Waals surface area contributed by atoms with Gasteiger partial charge in [0.05, 0.1) is 6.10 Å². The molecular formula is C10H12BrFO. The summed E-state index contributed by atoms with van der Waals surface area (Å²) in [6.07, 6.45) is 0.757. The van der Waals surface area contributed by atoms with Crippen LogP contribution in [0.4, 0.5) is 4.39 Å². The topological polar surface area (TPSA) is 20.2 Å². The van der Waals surface area contributed by atoms with E-state index in [2.05, 4.69) is 15.9 Å². The minimum Gasteiger partial charge on any atom is -0.388 e. The molecule has 3 heteroatoms. The van der Waals surface area contributed by atoms with E-state index in [1.54, 1.807) is 12.1 Å². The minimum atomic E-state index is -0.682. The molecule has 1 aromatic carbocycles. The van der Waals surface area contributed by atoms with Crippen LogP contribution in [0.3, 0.4) is 0 Å². The number of benzene rings is 1. The van der Waals surface area contributed by atoms with E-state index < -0.39 is 6.10 Å². The molecule has 0 spiro atoms. The second-order valence-electron chi connectivity index (χ2n) is 2.97. The van der Waals surface area contributed by atoms with Crippen LogP contribution in [-0.2, 0) is 0 Å². The molecule has 0 amide bonds. The van der Waals surface area contributed by atoms with Gasteiger partial charge in [-0.25, -0.2) is 4.39 Å². The Kier molecular flexibility index (Phi) is 3.88. The van der Waals surface area contributed by atoms with Crippen LogP contribution >= 0.6 is 15.9 Å². The molecule has 72 valence electrons. The van der Waals surface area contributed by atoms with Crippen molar-refractivity contribution in [1.29, 1.82) is 0 Å². The van der Waals surface area contributed by atoms with Crippen molar-refractivity contribution in [2.75, 3.05) is 0 Å². The minimum absolute atomic E-state index is 0.352. The van der Waals surface area contributed by atoms with E-state index in [0.29, 0.717) is 16.5 Å². The highest BCUT2D eigenvalue weighted by Crippen LogP contribution is 2.23. The second-order valence-corrected chi connectivity index (χ2v) is 3.89. The summed E-state index contributed by atoms with van der Waals surface area (Å²) in [6.45, 7) is 1.96. The van der Waals surface area contributed by atoms with E-state index in [-0.39, 0.29) is 5.82 Å². The second kappa shape index (κ2) is 4.72. The highest BCUT2D eigenvalue weighted by molar-refractivity contribution is 9.10. The van der Waals surface area contributed by atoms with Gasteiger partial charge >= 0.3 is 0 Å². The summed E-state index contributed by atoms with van der Waals surface area (Å²) >= 11 is 3.16. The van der Waals surface area contributed by atoms with Crippen LogP contribution in [0.2, 0.25) is 0 Å². The quantitative estimate of drug-likeness (QED) is 0.867. The van der Waals surface area contributed by atoms with E-state index in [1.165, 1.54) is 6.07 Å². The summed E-state index contributed by atoms with van der Waals surface area (Å²) in [5.41, 5.74) is 0.380. The number of aliphatic hydroxyl groups is 1. The smallest absolute Gasteiger partial charge is 0.130 e. The van der Waals surface area contributed by atoms with E-state index in [1.807, 2.05) is 6.92 Å². The zero-order chi connectivity index (χ0) is 9.84. The Hall–Kier alpha value is -0.410. The molecule has 0 radical (unpaired) electrons. The van der Waals surface area contributed by atoms with Crippen molar-refractivity contribution in [3.63, 3.8) is 0 Å². The molecule has 0 fully saturated rings. The van der Waals surface area contributed by atoms with Crippen molar-refractivity contribution in [3.8, 4) is 0 Å². The molecule has 1 aromatic rings. The molecule has 1 nitrogen and oxygen atoms in total. The monoisotopic (exact) mass is 246 g/mol. The molecular weight excluding hydrogens is 235 g/mol. The Bertz CT molecular complexity index is 288. The Labute approximate surface area is 85.7 Å². The molecule has 0 aliphatic carbocycles. The molecule has 0 aliphatic heterocycles. The third-order valence-corrected chi connectivity index (χ3v) is 2.38. The summed E-state index contributed by atoms with van der Waals surface area (Å²) in [5, 5.41) is 9.54. The molecule has 0 aromatic heterocycles. The highest BCUT2D eigenvalue weighted by atomic mass is 79.9. The van der Waals surface area contributed by atoms with E-state index >= 15 is 0 Å². The van der Waals surface area contributed by atoms with Crippen molar-refractivity contribution in [3.05, 3.63) is 34.1 Å². The van der Waals surface area contributed by atoms with Crippen molar-refractivity contribution in [1.82, 2.24) is 0 Å². The molecule has 1 rings (SSSR count). The molecule has 1 atom stereocenters. The van der Waals surface area contributed by atoms with Crippen molar-refractivity contribution in [2.24, 2.45) is 0 Å². The Morgan fingerprint density at radius 1 is 1.54 bits per heavy atom. The van der Waals surface area contributed by atoms with Gasteiger partial charge in [-0.15, -0.1) is 0 Å². The molecule has 0 aliphatic rings. The van der Waals surface area contributed by atoms with Crippen molar-refractivity contribution in [2.45, 2.75) is 25.9 Å². The van der Waals surface area contributed by atoms with Gasteiger partial charge in [0.2, 0.25) is 0 Å². The molecule has 1 unspecified atom stereocenters. The lowest BCUT2D eigenvalue weighted by molar-refractivity contribution is 0.162. The van der Waals surface area contributed by atoms with Gasteiger partial charge in [0.1, 0.15) is 5.82 Å². The fraction of sp³-hybridized carbons (Fsp3) is 0.400.